The quantitative estimate of drug-likeness (QED) is 0.713. The summed E-state index contributed by atoms with van der Waals surface area (Å²) >= 11 is 12.2. The molecule has 1 saturated carbocycles. The third-order valence-electron chi connectivity index (χ3n) is 5.63. The van der Waals surface area contributed by atoms with Crippen LogP contribution in [-0.2, 0) is 11.2 Å². The number of halogens is 2. The van der Waals surface area contributed by atoms with Crippen LogP contribution in [0.15, 0.2) is 23.4 Å². The molecule has 130 valence electrons. The Labute approximate surface area is 152 Å². The highest BCUT2D eigenvalue weighted by Crippen LogP contribution is 2.39. The van der Waals surface area contributed by atoms with Crippen molar-refractivity contribution < 1.29 is 4.79 Å². The van der Waals surface area contributed by atoms with E-state index in [9.17, 15) is 9.70 Å². The molecule has 0 N–H and O–H groups in total. The second kappa shape index (κ2) is 7.01. The molecule has 24 heavy (non-hydrogen) atoms. The van der Waals surface area contributed by atoms with Crippen molar-refractivity contribution in [2.45, 2.75) is 57.0 Å². The molecule has 0 bridgehead atoms. The van der Waals surface area contributed by atoms with Crippen LogP contribution >= 0.6 is 23.2 Å². The molecule has 0 radical (unpaired) electrons. The molecule has 1 unspecified atom stereocenters. The minimum atomic E-state index is -0.142. The van der Waals surface area contributed by atoms with Crippen LogP contribution in [0.2, 0.25) is 10.0 Å². The summed E-state index contributed by atoms with van der Waals surface area (Å²) in [6, 6.07) is 5.36. The number of likely N-dealkylation sites (tertiary alicyclic amines) is 1. The van der Waals surface area contributed by atoms with E-state index in [0.29, 0.717) is 16.5 Å². The van der Waals surface area contributed by atoms with Crippen LogP contribution in [0.4, 0.5) is 0 Å². The highest BCUT2D eigenvalue weighted by atomic mass is 35.5. The summed E-state index contributed by atoms with van der Waals surface area (Å²) in [5.74, 6) is 0.184. The van der Waals surface area contributed by atoms with Crippen LogP contribution in [-0.4, -0.2) is 28.9 Å². The van der Waals surface area contributed by atoms with E-state index in [0.717, 1.165) is 44.2 Å². The van der Waals surface area contributed by atoms with Crippen LogP contribution < -0.4 is 0 Å². The van der Waals surface area contributed by atoms with Gasteiger partial charge in [-0.1, -0.05) is 34.4 Å². The smallest absolute Gasteiger partial charge is 0.226 e. The second-order valence-electron chi connectivity index (χ2n) is 7.25. The number of carbonyl (C=O) groups excluding carboxylic acids is 1. The monoisotopic (exact) mass is 368 g/mol. The van der Waals surface area contributed by atoms with Crippen molar-refractivity contribution in [3.8, 4) is 0 Å². The summed E-state index contributed by atoms with van der Waals surface area (Å²) in [4.78, 5) is 25.7. The summed E-state index contributed by atoms with van der Waals surface area (Å²) in [7, 11) is 0. The molecule has 1 heterocycles. The number of rotatable bonds is 4. The third-order valence-corrected chi connectivity index (χ3v) is 6.22. The summed E-state index contributed by atoms with van der Waals surface area (Å²) in [6.45, 7) is 2.92. The largest absolute Gasteiger partial charge is 0.337 e. The number of amides is 1. The van der Waals surface area contributed by atoms with Gasteiger partial charge in [0.15, 0.2) is 0 Å². The Morgan fingerprint density at radius 2 is 1.96 bits per heavy atom. The molecule has 0 aromatic heterocycles. The first-order valence-corrected chi connectivity index (χ1v) is 9.26. The molecule has 1 saturated heterocycles. The van der Waals surface area contributed by atoms with Gasteiger partial charge in [-0.3, -0.25) is 4.79 Å². The van der Waals surface area contributed by atoms with Gasteiger partial charge in [-0.15, -0.1) is 0 Å². The minimum absolute atomic E-state index is 0.0255. The maximum Gasteiger partial charge on any atom is 0.226 e. The number of hydrogen-bond acceptors (Lipinski definition) is 3. The van der Waals surface area contributed by atoms with Gasteiger partial charge in [0.25, 0.3) is 0 Å². The third kappa shape index (κ3) is 3.45. The van der Waals surface area contributed by atoms with Crippen molar-refractivity contribution in [1.82, 2.24) is 4.90 Å². The SMILES string of the molecule is CC1(N2CCC(Cc3ccc(Cl)cc3Cl)C2=O)CCC(N=O)CC1. The Kier molecular flexibility index (Phi) is 5.16. The van der Waals surface area contributed by atoms with Crippen molar-refractivity contribution in [1.29, 1.82) is 0 Å². The van der Waals surface area contributed by atoms with Crippen LogP contribution in [0.3, 0.4) is 0 Å². The van der Waals surface area contributed by atoms with E-state index in [-0.39, 0.29) is 23.4 Å². The summed E-state index contributed by atoms with van der Waals surface area (Å²) in [6.07, 6.45) is 4.75. The van der Waals surface area contributed by atoms with Crippen molar-refractivity contribution in [3.05, 3.63) is 38.7 Å². The van der Waals surface area contributed by atoms with E-state index in [1.54, 1.807) is 6.07 Å². The summed E-state index contributed by atoms with van der Waals surface area (Å²) in [5.41, 5.74) is 0.830. The number of nitrogens with zero attached hydrogens (tertiary/aromatic N) is 2. The Bertz CT molecular complexity index is 642. The van der Waals surface area contributed by atoms with E-state index in [4.69, 9.17) is 23.2 Å². The molecule has 2 fully saturated rings. The van der Waals surface area contributed by atoms with Crippen molar-refractivity contribution in [2.24, 2.45) is 11.1 Å². The lowest BCUT2D eigenvalue weighted by Gasteiger charge is -2.43. The molecule has 4 nitrogen and oxygen atoms in total. The first kappa shape index (κ1) is 17.7. The molecular formula is C18H22Cl2N2O2. The van der Waals surface area contributed by atoms with E-state index >= 15 is 0 Å². The van der Waals surface area contributed by atoms with Gasteiger partial charge in [-0.25, -0.2) is 0 Å². The summed E-state index contributed by atoms with van der Waals surface area (Å²) in [5, 5.41) is 4.40. The van der Waals surface area contributed by atoms with Crippen LogP contribution in [0.1, 0.15) is 44.6 Å². The topological polar surface area (TPSA) is 49.7 Å². The fraction of sp³-hybridized carbons (Fsp3) is 0.611. The Hall–Kier alpha value is -1.13. The van der Waals surface area contributed by atoms with E-state index < -0.39 is 0 Å². The Morgan fingerprint density at radius 3 is 2.58 bits per heavy atom. The molecule has 3 rings (SSSR count). The molecule has 1 aromatic carbocycles. The molecule has 1 amide bonds. The van der Waals surface area contributed by atoms with Crippen molar-refractivity contribution >= 4 is 29.1 Å². The van der Waals surface area contributed by atoms with Crippen LogP contribution in [0.5, 0.6) is 0 Å². The van der Waals surface area contributed by atoms with Crippen molar-refractivity contribution in [3.63, 3.8) is 0 Å². The van der Waals surface area contributed by atoms with E-state index in [1.165, 1.54) is 0 Å². The van der Waals surface area contributed by atoms with Gasteiger partial charge in [0, 0.05) is 28.0 Å². The first-order chi connectivity index (χ1) is 11.4. The number of nitroso groups, excluding NO2 is 1. The van der Waals surface area contributed by atoms with Gasteiger partial charge in [0.05, 0.1) is 6.04 Å². The molecule has 1 aliphatic heterocycles. The standard InChI is InChI=1S/C18H22Cl2N2O2/c1-18(7-4-15(21-24)5-8-18)22-9-6-13(17(22)23)10-12-2-3-14(19)11-16(12)20/h2-3,11,13,15H,4-10H2,1H3. The predicted molar refractivity (Wildman–Crippen MR) is 96.4 cm³/mol. The lowest BCUT2D eigenvalue weighted by molar-refractivity contribution is -0.137. The zero-order valence-corrected chi connectivity index (χ0v) is 15.3. The zero-order valence-electron chi connectivity index (χ0n) is 13.8. The van der Waals surface area contributed by atoms with Gasteiger partial charge in [-0.05, 0) is 63.1 Å². The van der Waals surface area contributed by atoms with Crippen molar-refractivity contribution in [2.75, 3.05) is 6.54 Å². The molecule has 6 heteroatoms. The van der Waals surface area contributed by atoms with Gasteiger partial charge in [0.1, 0.15) is 0 Å². The highest BCUT2D eigenvalue weighted by molar-refractivity contribution is 6.35. The minimum Gasteiger partial charge on any atom is -0.337 e. The lowest BCUT2D eigenvalue weighted by atomic mass is 9.80. The lowest BCUT2D eigenvalue weighted by Crippen LogP contribution is -2.50. The van der Waals surface area contributed by atoms with Gasteiger partial charge >= 0.3 is 0 Å². The van der Waals surface area contributed by atoms with E-state index in [2.05, 4.69) is 12.1 Å². The molecule has 1 atom stereocenters. The molecule has 2 aliphatic rings. The average Bonchev–Trinajstić information content (AvgIpc) is 2.92. The molecule has 1 aliphatic carbocycles. The fourth-order valence-electron chi connectivity index (χ4n) is 4.02. The predicted octanol–water partition coefficient (Wildman–Crippen LogP) is 4.85. The molecule has 0 spiro atoms. The molecular weight excluding hydrogens is 347 g/mol. The fourth-order valence-corrected chi connectivity index (χ4v) is 4.50. The number of carbonyl (C=O) groups is 1. The van der Waals surface area contributed by atoms with Gasteiger partial charge in [0.2, 0.25) is 5.91 Å². The normalized spacial score (nSPS) is 30.6. The van der Waals surface area contributed by atoms with E-state index in [1.807, 2.05) is 17.0 Å². The second-order valence-corrected chi connectivity index (χ2v) is 8.09. The average molecular weight is 369 g/mol. The Balaban J connectivity index is 1.67. The van der Waals surface area contributed by atoms with Crippen LogP contribution in [0, 0.1) is 10.8 Å². The van der Waals surface area contributed by atoms with Gasteiger partial charge < -0.3 is 4.90 Å². The molecule has 1 aromatic rings. The van der Waals surface area contributed by atoms with Gasteiger partial charge in [-0.2, -0.15) is 4.91 Å². The maximum absolute atomic E-state index is 12.9. The van der Waals surface area contributed by atoms with Crippen LogP contribution in [0.25, 0.3) is 0 Å². The summed E-state index contributed by atoms with van der Waals surface area (Å²) < 4.78 is 0. The number of benzene rings is 1. The number of hydrogen-bond donors (Lipinski definition) is 0. The first-order valence-electron chi connectivity index (χ1n) is 8.51. The Morgan fingerprint density at radius 1 is 1.25 bits per heavy atom. The highest BCUT2D eigenvalue weighted by Gasteiger charge is 2.44. The maximum atomic E-state index is 12.9. The zero-order chi connectivity index (χ0) is 17.3.